The number of carbonyl (C=O) groups excluding carboxylic acids is 1. The number of carbonyl (C=O) groups is 1. The summed E-state index contributed by atoms with van der Waals surface area (Å²) >= 11 is 1.41. The van der Waals surface area contributed by atoms with Gasteiger partial charge < -0.3 is 4.74 Å². The number of non-ortho nitro benzene ring substituents is 1. The zero-order valence-corrected chi connectivity index (χ0v) is 16.5. The largest absolute Gasteiger partial charge is 0.491 e. The van der Waals surface area contributed by atoms with Crippen LogP contribution < -0.4 is 4.74 Å². The molecule has 1 aliphatic heterocycles. The lowest BCUT2D eigenvalue weighted by Crippen LogP contribution is -2.32. The second-order valence-electron chi connectivity index (χ2n) is 6.53. The lowest BCUT2D eigenvalue weighted by molar-refractivity contribution is -0.384. The fourth-order valence-electron chi connectivity index (χ4n) is 2.75. The Morgan fingerprint density at radius 2 is 2.04 bits per heavy atom. The number of rotatable bonds is 6. The predicted octanol–water partition coefficient (Wildman–Crippen LogP) is 4.13. The molecule has 3 rings (SSSR count). The second kappa shape index (κ2) is 8.88. The summed E-state index contributed by atoms with van der Waals surface area (Å²) in [6.45, 7) is 4.98. The molecule has 1 heterocycles. The van der Waals surface area contributed by atoms with E-state index in [0.29, 0.717) is 29.6 Å². The molecular formula is C20H21N3O4S. The van der Waals surface area contributed by atoms with Crippen molar-refractivity contribution in [2.24, 2.45) is 4.99 Å². The summed E-state index contributed by atoms with van der Waals surface area (Å²) in [5, 5.41) is 11.5. The molecule has 0 atom stereocenters. The van der Waals surface area contributed by atoms with Gasteiger partial charge >= 0.3 is 0 Å². The highest BCUT2D eigenvalue weighted by Crippen LogP contribution is 2.24. The molecule has 2 aromatic carbocycles. The van der Waals surface area contributed by atoms with Gasteiger partial charge in [-0.15, -0.1) is 0 Å². The summed E-state index contributed by atoms with van der Waals surface area (Å²) in [5.74, 6) is 1.12. The molecule has 0 bridgehead atoms. The molecule has 0 radical (unpaired) electrons. The zero-order valence-electron chi connectivity index (χ0n) is 15.7. The van der Waals surface area contributed by atoms with Gasteiger partial charge in [0, 0.05) is 30.0 Å². The van der Waals surface area contributed by atoms with Crippen molar-refractivity contribution >= 4 is 28.5 Å². The van der Waals surface area contributed by atoms with E-state index in [-0.39, 0.29) is 17.7 Å². The monoisotopic (exact) mass is 399 g/mol. The first-order valence-corrected chi connectivity index (χ1v) is 9.92. The van der Waals surface area contributed by atoms with Gasteiger partial charge in [-0.05, 0) is 43.7 Å². The molecular weight excluding hydrogens is 378 g/mol. The van der Waals surface area contributed by atoms with Gasteiger partial charge in [-0.25, -0.2) is 0 Å². The van der Waals surface area contributed by atoms with Crippen LogP contribution >= 0.6 is 11.8 Å². The molecule has 0 N–H and O–H groups in total. The van der Waals surface area contributed by atoms with Crippen molar-refractivity contribution in [3.05, 3.63) is 69.8 Å². The van der Waals surface area contributed by atoms with Crippen molar-refractivity contribution in [2.75, 3.05) is 13.1 Å². The number of nitro benzene ring substituents is 1. The molecule has 8 heteroatoms. The Hall–Kier alpha value is -2.87. The van der Waals surface area contributed by atoms with Crippen molar-refractivity contribution in [2.45, 2.75) is 25.7 Å². The van der Waals surface area contributed by atoms with Gasteiger partial charge in [0.05, 0.1) is 17.6 Å². The van der Waals surface area contributed by atoms with Crippen LogP contribution in [0.5, 0.6) is 5.75 Å². The summed E-state index contributed by atoms with van der Waals surface area (Å²) < 4.78 is 5.61. The quantitative estimate of drug-likeness (QED) is 0.539. The number of thioether (sulfide) groups is 1. The highest BCUT2D eigenvalue weighted by Gasteiger charge is 2.25. The maximum Gasteiger partial charge on any atom is 0.269 e. The first kappa shape index (κ1) is 19.9. The van der Waals surface area contributed by atoms with Crippen LogP contribution in [-0.2, 0) is 5.75 Å². The number of ether oxygens (including phenoxy) is 1. The van der Waals surface area contributed by atoms with Crippen LogP contribution in [0.4, 0.5) is 5.69 Å². The van der Waals surface area contributed by atoms with Gasteiger partial charge in [0.2, 0.25) is 0 Å². The summed E-state index contributed by atoms with van der Waals surface area (Å²) in [4.78, 5) is 29.4. The van der Waals surface area contributed by atoms with E-state index in [1.54, 1.807) is 41.3 Å². The topological polar surface area (TPSA) is 85.0 Å². The van der Waals surface area contributed by atoms with Crippen molar-refractivity contribution in [3.8, 4) is 5.75 Å². The van der Waals surface area contributed by atoms with Crippen LogP contribution in [0.1, 0.15) is 29.8 Å². The number of amides is 1. The van der Waals surface area contributed by atoms with E-state index in [9.17, 15) is 14.9 Å². The minimum atomic E-state index is -0.413. The Morgan fingerprint density at radius 1 is 1.29 bits per heavy atom. The third-order valence-corrected chi connectivity index (χ3v) is 5.09. The van der Waals surface area contributed by atoms with Gasteiger partial charge in [-0.2, -0.15) is 0 Å². The Morgan fingerprint density at radius 3 is 2.71 bits per heavy atom. The highest BCUT2D eigenvalue weighted by atomic mass is 32.2. The van der Waals surface area contributed by atoms with E-state index in [4.69, 9.17) is 4.74 Å². The summed E-state index contributed by atoms with van der Waals surface area (Å²) in [7, 11) is 0. The summed E-state index contributed by atoms with van der Waals surface area (Å²) in [5.41, 5.74) is 1.45. The van der Waals surface area contributed by atoms with Gasteiger partial charge in [-0.1, -0.05) is 23.9 Å². The van der Waals surface area contributed by atoms with Crippen LogP contribution in [-0.4, -0.2) is 40.1 Å². The molecule has 146 valence electrons. The number of aliphatic imine (C=N–C) groups is 1. The number of nitro groups is 1. The molecule has 7 nitrogen and oxygen atoms in total. The molecule has 0 spiro atoms. The first-order chi connectivity index (χ1) is 13.4. The SMILES string of the molecule is CC(C)Oc1ccc(C(=O)N2CCN=C2SCc2cccc([N+](=O)[O-])c2)cc1. The van der Waals surface area contributed by atoms with E-state index in [2.05, 4.69) is 4.99 Å². The van der Waals surface area contributed by atoms with Crippen molar-refractivity contribution < 1.29 is 14.5 Å². The van der Waals surface area contributed by atoms with Crippen LogP contribution in [0, 0.1) is 10.1 Å². The lowest BCUT2D eigenvalue weighted by Gasteiger charge is -2.18. The molecule has 0 unspecified atom stereocenters. The maximum atomic E-state index is 12.8. The molecule has 2 aromatic rings. The Labute approximate surface area is 167 Å². The number of nitrogens with zero attached hydrogens (tertiary/aromatic N) is 3. The van der Waals surface area contributed by atoms with Gasteiger partial charge in [0.25, 0.3) is 11.6 Å². The van der Waals surface area contributed by atoms with E-state index >= 15 is 0 Å². The molecule has 0 aromatic heterocycles. The fraction of sp³-hybridized carbons (Fsp3) is 0.300. The van der Waals surface area contributed by atoms with E-state index in [1.165, 1.54) is 17.8 Å². The summed E-state index contributed by atoms with van der Waals surface area (Å²) in [6, 6.07) is 13.6. The normalized spacial score (nSPS) is 13.5. The number of hydrogen-bond acceptors (Lipinski definition) is 6. The number of amidine groups is 1. The molecule has 0 fully saturated rings. The van der Waals surface area contributed by atoms with E-state index < -0.39 is 4.92 Å². The minimum Gasteiger partial charge on any atom is -0.491 e. The number of benzene rings is 2. The molecule has 0 saturated heterocycles. The molecule has 0 aliphatic carbocycles. The van der Waals surface area contributed by atoms with Crippen molar-refractivity contribution in [3.63, 3.8) is 0 Å². The van der Waals surface area contributed by atoms with E-state index in [0.717, 1.165) is 11.3 Å². The van der Waals surface area contributed by atoms with Crippen LogP contribution in [0.25, 0.3) is 0 Å². The summed E-state index contributed by atoms with van der Waals surface area (Å²) in [6.07, 6.45) is 0.0732. The third-order valence-electron chi connectivity index (χ3n) is 4.01. The average molecular weight is 399 g/mol. The third kappa shape index (κ3) is 4.89. The van der Waals surface area contributed by atoms with Crippen LogP contribution in [0.2, 0.25) is 0 Å². The van der Waals surface area contributed by atoms with Crippen LogP contribution in [0.15, 0.2) is 53.5 Å². The minimum absolute atomic E-state index is 0.0584. The zero-order chi connectivity index (χ0) is 20.1. The predicted molar refractivity (Wildman–Crippen MR) is 110 cm³/mol. The van der Waals surface area contributed by atoms with E-state index in [1.807, 2.05) is 19.9 Å². The Balaban J connectivity index is 1.64. The first-order valence-electron chi connectivity index (χ1n) is 8.93. The standard InChI is InChI=1S/C20H21N3O4S/c1-14(2)27-18-8-6-16(7-9-18)19(24)22-11-10-21-20(22)28-13-15-4-3-5-17(12-15)23(25)26/h3-9,12,14H,10-11,13H2,1-2H3. The van der Waals surface area contributed by atoms with Crippen LogP contribution in [0.3, 0.4) is 0 Å². The Bertz CT molecular complexity index is 897. The Kier molecular flexibility index (Phi) is 6.30. The second-order valence-corrected chi connectivity index (χ2v) is 7.47. The van der Waals surface area contributed by atoms with Crippen molar-refractivity contribution in [1.29, 1.82) is 0 Å². The smallest absolute Gasteiger partial charge is 0.269 e. The van der Waals surface area contributed by atoms with Crippen molar-refractivity contribution in [1.82, 2.24) is 4.90 Å². The van der Waals surface area contributed by atoms with Gasteiger partial charge in [-0.3, -0.25) is 24.8 Å². The fourth-order valence-corrected chi connectivity index (χ4v) is 3.74. The molecule has 1 aliphatic rings. The van der Waals surface area contributed by atoms with Gasteiger partial charge in [0.15, 0.2) is 5.17 Å². The van der Waals surface area contributed by atoms with Gasteiger partial charge in [0.1, 0.15) is 5.75 Å². The number of hydrogen-bond donors (Lipinski definition) is 0. The maximum absolute atomic E-state index is 12.8. The molecule has 0 saturated carbocycles. The lowest BCUT2D eigenvalue weighted by atomic mass is 10.2. The molecule has 28 heavy (non-hydrogen) atoms. The molecule has 1 amide bonds. The average Bonchev–Trinajstić information content (AvgIpc) is 3.15. The highest BCUT2D eigenvalue weighted by molar-refractivity contribution is 8.13.